The minimum atomic E-state index is 0.467. The molecule has 0 aliphatic carbocycles. The summed E-state index contributed by atoms with van der Waals surface area (Å²) >= 11 is 5.97. The van der Waals surface area contributed by atoms with E-state index in [4.69, 9.17) is 16.3 Å². The Morgan fingerprint density at radius 3 is 2.62 bits per heavy atom. The highest BCUT2D eigenvalue weighted by Gasteiger charge is 2.03. The van der Waals surface area contributed by atoms with Crippen LogP contribution in [0.5, 0.6) is 5.75 Å². The maximum Gasteiger partial charge on any atom is 0.123 e. The van der Waals surface area contributed by atoms with Crippen LogP contribution in [0.2, 0.25) is 0 Å². The highest BCUT2D eigenvalue weighted by Crippen LogP contribution is 2.24. The van der Waals surface area contributed by atoms with E-state index in [1.807, 2.05) is 19.1 Å². The Labute approximate surface area is 132 Å². The first-order valence-corrected chi connectivity index (χ1v) is 7.96. The zero-order chi connectivity index (χ0) is 14.9. The third-order valence-electron chi connectivity index (χ3n) is 3.32. The van der Waals surface area contributed by atoms with Crippen molar-refractivity contribution < 1.29 is 4.74 Å². The molecule has 0 aromatic heterocycles. The quantitative estimate of drug-likeness (QED) is 0.555. The first-order chi connectivity index (χ1) is 10.3. The summed E-state index contributed by atoms with van der Waals surface area (Å²) in [7, 11) is 0. The van der Waals surface area contributed by atoms with Crippen LogP contribution in [-0.2, 0) is 12.3 Å². The van der Waals surface area contributed by atoms with E-state index in [-0.39, 0.29) is 0 Å². The average Bonchev–Trinajstić information content (AvgIpc) is 2.54. The molecule has 0 bridgehead atoms. The number of ether oxygens (including phenoxy) is 1. The lowest BCUT2D eigenvalue weighted by molar-refractivity contribution is 0.337. The van der Waals surface area contributed by atoms with Gasteiger partial charge in [0.25, 0.3) is 0 Å². The second-order valence-corrected chi connectivity index (χ2v) is 5.17. The van der Waals surface area contributed by atoms with Gasteiger partial charge in [0.15, 0.2) is 0 Å². The molecule has 0 saturated heterocycles. The summed E-state index contributed by atoms with van der Waals surface area (Å²) in [6.45, 7) is 3.59. The number of halogens is 1. The second-order valence-electron chi connectivity index (χ2n) is 4.91. The first-order valence-electron chi connectivity index (χ1n) is 7.43. The van der Waals surface area contributed by atoms with E-state index in [9.17, 15) is 0 Å². The van der Waals surface area contributed by atoms with E-state index >= 15 is 0 Å². The van der Waals surface area contributed by atoms with Gasteiger partial charge in [0, 0.05) is 17.8 Å². The average molecular weight is 304 g/mol. The van der Waals surface area contributed by atoms with E-state index in [1.165, 1.54) is 5.56 Å². The molecule has 0 heterocycles. The van der Waals surface area contributed by atoms with Crippen molar-refractivity contribution in [3.8, 4) is 5.75 Å². The Morgan fingerprint density at radius 1 is 1.10 bits per heavy atom. The second kappa shape index (κ2) is 8.58. The minimum absolute atomic E-state index is 0.467. The number of alkyl halides is 1. The Hall–Kier alpha value is -1.67. The zero-order valence-corrected chi connectivity index (χ0v) is 13.2. The van der Waals surface area contributed by atoms with Crippen molar-refractivity contribution in [2.75, 3.05) is 18.5 Å². The summed E-state index contributed by atoms with van der Waals surface area (Å²) in [6.07, 6.45) is 2.20. The fraction of sp³-hybridized carbons (Fsp3) is 0.333. The first kappa shape index (κ1) is 15.7. The van der Waals surface area contributed by atoms with Gasteiger partial charge >= 0.3 is 0 Å². The topological polar surface area (TPSA) is 21.3 Å². The van der Waals surface area contributed by atoms with Crippen molar-refractivity contribution in [3.63, 3.8) is 0 Å². The summed E-state index contributed by atoms with van der Waals surface area (Å²) in [5, 5.41) is 3.44. The summed E-state index contributed by atoms with van der Waals surface area (Å²) in [6, 6.07) is 16.7. The molecule has 0 unspecified atom stereocenters. The maximum absolute atomic E-state index is 5.97. The lowest BCUT2D eigenvalue weighted by Gasteiger charge is -2.12. The molecular formula is C18H22ClNO. The van der Waals surface area contributed by atoms with E-state index in [0.717, 1.165) is 36.4 Å². The van der Waals surface area contributed by atoms with Gasteiger partial charge in [-0.05, 0) is 43.5 Å². The molecule has 0 aliphatic heterocycles. The standard InChI is InChI=1S/C18H22ClNO/c1-2-21-18-11-10-17(13-16(18)14-19)20-12-6-9-15-7-4-3-5-8-15/h3-5,7-8,10-11,13,20H,2,6,9,12,14H2,1H3. The van der Waals surface area contributed by atoms with Crippen LogP contribution in [0, 0.1) is 0 Å². The van der Waals surface area contributed by atoms with Gasteiger partial charge in [0.2, 0.25) is 0 Å². The molecule has 2 aromatic carbocycles. The molecule has 2 rings (SSSR count). The number of hydrogen-bond donors (Lipinski definition) is 1. The SMILES string of the molecule is CCOc1ccc(NCCCc2ccccc2)cc1CCl. The van der Waals surface area contributed by atoms with Gasteiger partial charge in [-0.3, -0.25) is 0 Å². The summed E-state index contributed by atoms with van der Waals surface area (Å²) < 4.78 is 5.55. The molecule has 0 aliphatic rings. The highest BCUT2D eigenvalue weighted by molar-refractivity contribution is 6.17. The van der Waals surface area contributed by atoms with Gasteiger partial charge in [-0.1, -0.05) is 30.3 Å². The van der Waals surface area contributed by atoms with E-state index in [2.05, 4.69) is 41.7 Å². The van der Waals surface area contributed by atoms with Gasteiger partial charge in [0.05, 0.1) is 12.5 Å². The zero-order valence-electron chi connectivity index (χ0n) is 12.4. The number of rotatable bonds is 8. The van der Waals surface area contributed by atoms with Gasteiger partial charge < -0.3 is 10.1 Å². The maximum atomic E-state index is 5.97. The van der Waals surface area contributed by atoms with Crippen LogP contribution < -0.4 is 10.1 Å². The van der Waals surface area contributed by atoms with Gasteiger partial charge in [-0.25, -0.2) is 0 Å². The number of anilines is 1. The fourth-order valence-corrected chi connectivity index (χ4v) is 2.47. The van der Waals surface area contributed by atoms with Crippen molar-refractivity contribution in [3.05, 3.63) is 59.7 Å². The molecule has 0 fully saturated rings. The largest absolute Gasteiger partial charge is 0.494 e. The van der Waals surface area contributed by atoms with Crippen molar-refractivity contribution in [1.82, 2.24) is 0 Å². The van der Waals surface area contributed by atoms with Crippen LogP contribution in [0.3, 0.4) is 0 Å². The monoisotopic (exact) mass is 303 g/mol. The Kier molecular flexibility index (Phi) is 6.42. The van der Waals surface area contributed by atoms with Crippen LogP contribution in [0.4, 0.5) is 5.69 Å². The molecule has 112 valence electrons. The summed E-state index contributed by atoms with van der Waals surface area (Å²) in [5.74, 6) is 1.34. The molecular weight excluding hydrogens is 282 g/mol. The lowest BCUT2D eigenvalue weighted by Crippen LogP contribution is -2.04. The van der Waals surface area contributed by atoms with Crippen LogP contribution in [0.1, 0.15) is 24.5 Å². The van der Waals surface area contributed by atoms with E-state index in [0.29, 0.717) is 12.5 Å². The van der Waals surface area contributed by atoms with E-state index < -0.39 is 0 Å². The highest BCUT2D eigenvalue weighted by atomic mass is 35.5. The predicted molar refractivity (Wildman–Crippen MR) is 90.4 cm³/mol. The molecule has 2 nitrogen and oxygen atoms in total. The molecule has 1 N–H and O–H groups in total. The molecule has 0 atom stereocenters. The van der Waals surface area contributed by atoms with Gasteiger partial charge in [-0.2, -0.15) is 0 Å². The molecule has 0 amide bonds. The smallest absolute Gasteiger partial charge is 0.123 e. The molecule has 0 spiro atoms. The van der Waals surface area contributed by atoms with Crippen molar-refractivity contribution in [2.24, 2.45) is 0 Å². The lowest BCUT2D eigenvalue weighted by atomic mass is 10.1. The molecule has 3 heteroatoms. The Bertz CT molecular complexity index is 542. The van der Waals surface area contributed by atoms with Crippen molar-refractivity contribution in [2.45, 2.75) is 25.6 Å². The number of benzene rings is 2. The Morgan fingerprint density at radius 2 is 1.90 bits per heavy atom. The number of hydrogen-bond acceptors (Lipinski definition) is 2. The number of nitrogens with one attached hydrogen (secondary N) is 1. The molecule has 2 aromatic rings. The molecule has 0 saturated carbocycles. The Balaban J connectivity index is 1.83. The van der Waals surface area contributed by atoms with E-state index in [1.54, 1.807) is 0 Å². The molecule has 0 radical (unpaired) electrons. The summed E-state index contributed by atoms with van der Waals surface area (Å²) in [4.78, 5) is 0. The van der Waals surface area contributed by atoms with Gasteiger partial charge in [-0.15, -0.1) is 11.6 Å². The van der Waals surface area contributed by atoms with Crippen molar-refractivity contribution >= 4 is 17.3 Å². The molecule has 21 heavy (non-hydrogen) atoms. The van der Waals surface area contributed by atoms with Crippen LogP contribution in [0.15, 0.2) is 48.5 Å². The summed E-state index contributed by atoms with van der Waals surface area (Å²) in [5.41, 5.74) is 3.51. The predicted octanol–water partition coefficient (Wildman–Crippen LogP) is 4.87. The number of aryl methyl sites for hydroxylation is 1. The fourth-order valence-electron chi connectivity index (χ4n) is 2.26. The van der Waals surface area contributed by atoms with Crippen LogP contribution in [-0.4, -0.2) is 13.2 Å². The van der Waals surface area contributed by atoms with Gasteiger partial charge in [0.1, 0.15) is 5.75 Å². The third-order valence-corrected chi connectivity index (χ3v) is 3.61. The third kappa shape index (κ3) is 4.98. The van der Waals surface area contributed by atoms with Crippen molar-refractivity contribution in [1.29, 1.82) is 0 Å². The minimum Gasteiger partial charge on any atom is -0.494 e. The normalized spacial score (nSPS) is 10.4. The van der Waals surface area contributed by atoms with Crippen LogP contribution >= 0.6 is 11.6 Å². The van der Waals surface area contributed by atoms with Crippen LogP contribution in [0.25, 0.3) is 0 Å².